The largest absolute Gasteiger partial charge is 0.446 e. The molecule has 1 aliphatic carbocycles. The van der Waals surface area contributed by atoms with E-state index in [1.54, 1.807) is 7.05 Å². The first-order valence-corrected chi connectivity index (χ1v) is 4.71. The Morgan fingerprint density at radius 3 is 2.33 bits per heavy atom. The Hall–Kier alpha value is -0.730. The van der Waals surface area contributed by atoms with E-state index in [9.17, 15) is 4.79 Å². The van der Waals surface area contributed by atoms with Crippen LogP contribution in [0.25, 0.3) is 0 Å². The lowest BCUT2D eigenvalue weighted by molar-refractivity contribution is 0.0906. The molecule has 0 heterocycles. The molecule has 0 saturated heterocycles. The van der Waals surface area contributed by atoms with Gasteiger partial charge in [-0.25, -0.2) is 4.79 Å². The third kappa shape index (κ3) is 3.11. The van der Waals surface area contributed by atoms with Crippen LogP contribution >= 0.6 is 0 Å². The highest BCUT2D eigenvalue weighted by Gasteiger charge is 2.15. The van der Waals surface area contributed by atoms with Crippen molar-refractivity contribution in [3.8, 4) is 0 Å². The molecule has 1 aliphatic rings. The minimum atomic E-state index is -0.290. The Kier molecular flexibility index (Phi) is 3.91. The van der Waals surface area contributed by atoms with Gasteiger partial charge in [-0.3, -0.25) is 0 Å². The van der Waals surface area contributed by atoms with Crippen molar-refractivity contribution in [2.45, 2.75) is 44.6 Å². The minimum absolute atomic E-state index is 0.160. The normalized spacial score (nSPS) is 19.8. The number of carbonyl (C=O) groups excluding carboxylic acids is 1. The highest BCUT2D eigenvalue weighted by molar-refractivity contribution is 5.66. The molecule has 0 radical (unpaired) electrons. The average Bonchev–Trinajstić information content (AvgIpc) is 2.33. The van der Waals surface area contributed by atoms with E-state index in [1.165, 1.54) is 25.7 Å². The van der Waals surface area contributed by atoms with E-state index in [0.29, 0.717) is 0 Å². The zero-order chi connectivity index (χ0) is 8.81. The molecule has 1 rings (SSSR count). The number of nitrogens with one attached hydrogen (secondary N) is 1. The van der Waals surface area contributed by atoms with E-state index >= 15 is 0 Å². The molecule has 0 atom stereocenters. The number of amides is 1. The number of hydrogen-bond acceptors (Lipinski definition) is 2. The third-order valence-corrected chi connectivity index (χ3v) is 2.28. The first kappa shape index (κ1) is 9.36. The SMILES string of the molecule is CNC(=O)OC1CCCCCC1. The number of hydrogen-bond donors (Lipinski definition) is 1. The predicted molar refractivity (Wildman–Crippen MR) is 47.0 cm³/mol. The van der Waals surface area contributed by atoms with E-state index in [2.05, 4.69) is 5.32 Å². The summed E-state index contributed by atoms with van der Waals surface area (Å²) in [4.78, 5) is 10.9. The van der Waals surface area contributed by atoms with Crippen LogP contribution in [0.3, 0.4) is 0 Å². The summed E-state index contributed by atoms with van der Waals surface area (Å²) in [5.41, 5.74) is 0. The number of ether oxygens (including phenoxy) is 1. The minimum Gasteiger partial charge on any atom is -0.446 e. The van der Waals surface area contributed by atoms with Gasteiger partial charge in [-0.1, -0.05) is 12.8 Å². The molecule has 0 spiro atoms. The van der Waals surface area contributed by atoms with Crippen molar-refractivity contribution in [1.29, 1.82) is 0 Å². The lowest BCUT2D eigenvalue weighted by Crippen LogP contribution is -2.25. The standard InChI is InChI=1S/C9H17NO2/c1-10-9(11)12-8-6-4-2-3-5-7-8/h8H,2-7H2,1H3,(H,10,11). The maximum atomic E-state index is 10.9. The number of carbonyl (C=O) groups is 1. The molecule has 70 valence electrons. The van der Waals surface area contributed by atoms with E-state index in [4.69, 9.17) is 4.74 Å². The maximum absolute atomic E-state index is 10.9. The molecule has 1 fully saturated rings. The molecule has 1 amide bonds. The second-order valence-corrected chi connectivity index (χ2v) is 3.27. The summed E-state index contributed by atoms with van der Waals surface area (Å²) in [5, 5.41) is 2.47. The van der Waals surface area contributed by atoms with E-state index in [-0.39, 0.29) is 12.2 Å². The molecule has 1 saturated carbocycles. The number of rotatable bonds is 1. The van der Waals surface area contributed by atoms with Gasteiger partial charge in [0.15, 0.2) is 0 Å². The fourth-order valence-corrected chi connectivity index (χ4v) is 1.57. The summed E-state index contributed by atoms with van der Waals surface area (Å²) in [6.07, 6.45) is 6.90. The van der Waals surface area contributed by atoms with Gasteiger partial charge in [0.2, 0.25) is 0 Å². The van der Waals surface area contributed by atoms with Crippen LogP contribution in [0.15, 0.2) is 0 Å². The van der Waals surface area contributed by atoms with Crippen molar-refractivity contribution in [2.75, 3.05) is 7.05 Å². The Bertz CT molecular complexity index is 139. The van der Waals surface area contributed by atoms with Gasteiger partial charge in [0, 0.05) is 7.05 Å². The first-order valence-electron chi connectivity index (χ1n) is 4.71. The zero-order valence-electron chi connectivity index (χ0n) is 7.64. The van der Waals surface area contributed by atoms with E-state index in [0.717, 1.165) is 12.8 Å². The second kappa shape index (κ2) is 5.01. The smallest absolute Gasteiger partial charge is 0.407 e. The number of alkyl carbamates (subject to hydrolysis) is 1. The van der Waals surface area contributed by atoms with Crippen LogP contribution in [0.4, 0.5) is 4.79 Å². The van der Waals surface area contributed by atoms with Gasteiger partial charge in [0.25, 0.3) is 0 Å². The third-order valence-electron chi connectivity index (χ3n) is 2.28. The molecule has 3 heteroatoms. The summed E-state index contributed by atoms with van der Waals surface area (Å²) in [6.45, 7) is 0. The van der Waals surface area contributed by atoms with Crippen molar-refractivity contribution in [3.05, 3.63) is 0 Å². The van der Waals surface area contributed by atoms with Crippen LogP contribution < -0.4 is 5.32 Å². The summed E-state index contributed by atoms with van der Waals surface area (Å²) in [5.74, 6) is 0. The summed E-state index contributed by atoms with van der Waals surface area (Å²) >= 11 is 0. The van der Waals surface area contributed by atoms with Crippen LogP contribution in [0.1, 0.15) is 38.5 Å². The highest BCUT2D eigenvalue weighted by Crippen LogP contribution is 2.19. The molecular formula is C9H17NO2. The lowest BCUT2D eigenvalue weighted by Gasteiger charge is -2.14. The maximum Gasteiger partial charge on any atom is 0.407 e. The molecule has 0 unspecified atom stereocenters. The van der Waals surface area contributed by atoms with Crippen molar-refractivity contribution in [3.63, 3.8) is 0 Å². The van der Waals surface area contributed by atoms with Crippen LogP contribution in [-0.4, -0.2) is 19.2 Å². The van der Waals surface area contributed by atoms with Gasteiger partial charge in [-0.15, -0.1) is 0 Å². The molecule has 0 aromatic heterocycles. The summed E-state index contributed by atoms with van der Waals surface area (Å²) in [6, 6.07) is 0. The van der Waals surface area contributed by atoms with Gasteiger partial charge in [-0.2, -0.15) is 0 Å². The first-order chi connectivity index (χ1) is 5.83. The van der Waals surface area contributed by atoms with Crippen LogP contribution in [0.5, 0.6) is 0 Å². The Labute approximate surface area is 73.5 Å². The quantitative estimate of drug-likeness (QED) is 0.613. The van der Waals surface area contributed by atoms with Gasteiger partial charge in [-0.05, 0) is 25.7 Å². The molecule has 0 bridgehead atoms. The Morgan fingerprint density at radius 1 is 1.25 bits per heavy atom. The van der Waals surface area contributed by atoms with Crippen molar-refractivity contribution in [2.24, 2.45) is 0 Å². The summed E-state index contributed by atoms with van der Waals surface area (Å²) < 4.78 is 5.17. The van der Waals surface area contributed by atoms with Crippen LogP contribution in [-0.2, 0) is 4.74 Å². The predicted octanol–water partition coefficient (Wildman–Crippen LogP) is 2.07. The topological polar surface area (TPSA) is 38.3 Å². The van der Waals surface area contributed by atoms with Crippen molar-refractivity contribution >= 4 is 6.09 Å². The van der Waals surface area contributed by atoms with E-state index in [1.807, 2.05) is 0 Å². The molecule has 3 nitrogen and oxygen atoms in total. The Morgan fingerprint density at radius 2 is 1.83 bits per heavy atom. The average molecular weight is 171 g/mol. The second-order valence-electron chi connectivity index (χ2n) is 3.27. The fraction of sp³-hybridized carbons (Fsp3) is 0.889. The monoisotopic (exact) mass is 171 g/mol. The molecular weight excluding hydrogens is 154 g/mol. The molecule has 12 heavy (non-hydrogen) atoms. The molecule has 0 aliphatic heterocycles. The van der Waals surface area contributed by atoms with Gasteiger partial charge in [0.05, 0.1) is 0 Å². The van der Waals surface area contributed by atoms with Gasteiger partial charge in [0.1, 0.15) is 6.10 Å². The molecule has 1 N–H and O–H groups in total. The van der Waals surface area contributed by atoms with Crippen molar-refractivity contribution < 1.29 is 9.53 Å². The van der Waals surface area contributed by atoms with Gasteiger partial charge < -0.3 is 10.1 Å². The van der Waals surface area contributed by atoms with Crippen LogP contribution in [0.2, 0.25) is 0 Å². The zero-order valence-corrected chi connectivity index (χ0v) is 7.64. The molecule has 0 aromatic carbocycles. The van der Waals surface area contributed by atoms with Gasteiger partial charge >= 0.3 is 6.09 Å². The fourth-order valence-electron chi connectivity index (χ4n) is 1.57. The van der Waals surface area contributed by atoms with Crippen molar-refractivity contribution in [1.82, 2.24) is 5.32 Å². The molecule has 0 aromatic rings. The van der Waals surface area contributed by atoms with Crippen LogP contribution in [0, 0.1) is 0 Å². The Balaban J connectivity index is 2.24. The lowest BCUT2D eigenvalue weighted by atomic mass is 10.2. The highest BCUT2D eigenvalue weighted by atomic mass is 16.6. The van der Waals surface area contributed by atoms with E-state index < -0.39 is 0 Å². The summed E-state index contributed by atoms with van der Waals surface area (Å²) in [7, 11) is 1.60.